The Morgan fingerprint density at radius 2 is 2.30 bits per heavy atom. The summed E-state index contributed by atoms with van der Waals surface area (Å²) in [6, 6.07) is -0.535. The van der Waals surface area contributed by atoms with Gasteiger partial charge in [-0.25, -0.2) is 4.39 Å². The zero-order chi connectivity index (χ0) is 7.56. The van der Waals surface area contributed by atoms with Crippen LogP contribution in [-0.4, -0.2) is 29.8 Å². The third kappa shape index (κ3) is 1.67. The van der Waals surface area contributed by atoms with Gasteiger partial charge in [-0.3, -0.25) is 4.79 Å². The molecule has 0 amide bonds. The number of halogens is 1. The SMILES string of the molecule is O=C(O)C1CCC(F)CN1. The first-order valence-electron chi connectivity index (χ1n) is 3.30. The molecule has 0 saturated carbocycles. The molecule has 1 heterocycles. The molecule has 2 atom stereocenters. The van der Waals surface area contributed by atoms with Gasteiger partial charge in [-0.05, 0) is 12.8 Å². The molecule has 1 rings (SSSR count). The summed E-state index contributed by atoms with van der Waals surface area (Å²) < 4.78 is 12.4. The lowest BCUT2D eigenvalue weighted by atomic mass is 10.0. The van der Waals surface area contributed by atoms with Crippen molar-refractivity contribution in [3.05, 3.63) is 0 Å². The minimum atomic E-state index is -0.883. The highest BCUT2D eigenvalue weighted by molar-refractivity contribution is 5.73. The fourth-order valence-electron chi connectivity index (χ4n) is 1.03. The number of rotatable bonds is 1. The molecule has 1 aliphatic heterocycles. The second kappa shape index (κ2) is 2.96. The van der Waals surface area contributed by atoms with E-state index in [9.17, 15) is 9.18 Å². The predicted molar refractivity (Wildman–Crippen MR) is 33.6 cm³/mol. The first kappa shape index (κ1) is 7.47. The molecule has 0 bridgehead atoms. The van der Waals surface area contributed by atoms with Gasteiger partial charge in [0.25, 0.3) is 0 Å². The Kier molecular flexibility index (Phi) is 2.21. The Balaban J connectivity index is 2.33. The number of aliphatic carboxylic acids is 1. The molecule has 2 N–H and O–H groups in total. The highest BCUT2D eigenvalue weighted by atomic mass is 19.1. The topological polar surface area (TPSA) is 49.3 Å². The number of carboxylic acids is 1. The smallest absolute Gasteiger partial charge is 0.320 e. The van der Waals surface area contributed by atoms with Gasteiger partial charge in [0.05, 0.1) is 0 Å². The molecule has 3 nitrogen and oxygen atoms in total. The molecule has 58 valence electrons. The van der Waals surface area contributed by atoms with E-state index in [2.05, 4.69) is 5.32 Å². The number of hydrogen-bond acceptors (Lipinski definition) is 2. The van der Waals surface area contributed by atoms with Crippen molar-refractivity contribution in [3.8, 4) is 0 Å². The van der Waals surface area contributed by atoms with Gasteiger partial charge in [-0.1, -0.05) is 0 Å². The lowest BCUT2D eigenvalue weighted by Gasteiger charge is -2.22. The van der Waals surface area contributed by atoms with Crippen molar-refractivity contribution in [2.45, 2.75) is 25.1 Å². The molecule has 0 aromatic heterocycles. The molecule has 1 aliphatic rings. The van der Waals surface area contributed by atoms with Crippen LogP contribution in [0.4, 0.5) is 4.39 Å². The summed E-state index contributed by atoms with van der Waals surface area (Å²) in [6.07, 6.45) is -0.101. The molecule has 0 aromatic rings. The van der Waals surface area contributed by atoms with Crippen LogP contribution in [0.5, 0.6) is 0 Å². The first-order chi connectivity index (χ1) is 4.70. The van der Waals surface area contributed by atoms with Gasteiger partial charge < -0.3 is 10.4 Å². The van der Waals surface area contributed by atoms with E-state index in [1.165, 1.54) is 0 Å². The Bertz CT molecular complexity index is 132. The molecule has 0 spiro atoms. The molecule has 0 aromatic carbocycles. The maximum absolute atomic E-state index is 12.4. The Hall–Kier alpha value is -0.640. The third-order valence-electron chi connectivity index (χ3n) is 1.65. The van der Waals surface area contributed by atoms with Crippen molar-refractivity contribution in [1.29, 1.82) is 0 Å². The summed E-state index contributed by atoms with van der Waals surface area (Å²) in [4.78, 5) is 10.3. The Labute approximate surface area is 58.2 Å². The molecular weight excluding hydrogens is 137 g/mol. The standard InChI is InChI=1S/C6H10FNO2/c7-4-1-2-5(6(9)10)8-3-4/h4-5,8H,1-3H2,(H,9,10). The van der Waals surface area contributed by atoms with Crippen molar-refractivity contribution in [1.82, 2.24) is 5.32 Å². The van der Waals surface area contributed by atoms with E-state index in [4.69, 9.17) is 5.11 Å². The zero-order valence-corrected chi connectivity index (χ0v) is 5.51. The average molecular weight is 147 g/mol. The fourth-order valence-corrected chi connectivity index (χ4v) is 1.03. The van der Waals surface area contributed by atoms with Gasteiger partial charge in [0.1, 0.15) is 12.2 Å². The van der Waals surface area contributed by atoms with Crippen LogP contribution in [0.15, 0.2) is 0 Å². The lowest BCUT2D eigenvalue weighted by Crippen LogP contribution is -2.44. The van der Waals surface area contributed by atoms with Crippen LogP contribution in [-0.2, 0) is 4.79 Å². The maximum Gasteiger partial charge on any atom is 0.320 e. The molecule has 10 heavy (non-hydrogen) atoms. The number of piperidine rings is 1. The minimum Gasteiger partial charge on any atom is -0.480 e. The second-order valence-electron chi connectivity index (χ2n) is 2.47. The van der Waals surface area contributed by atoms with Gasteiger partial charge in [0.2, 0.25) is 0 Å². The molecule has 0 aliphatic carbocycles. The van der Waals surface area contributed by atoms with E-state index in [0.29, 0.717) is 12.8 Å². The van der Waals surface area contributed by atoms with E-state index < -0.39 is 18.2 Å². The fraction of sp³-hybridized carbons (Fsp3) is 0.833. The molecule has 2 unspecified atom stereocenters. The van der Waals surface area contributed by atoms with Crippen molar-refractivity contribution in [2.24, 2.45) is 0 Å². The summed E-state index contributed by atoms with van der Waals surface area (Å²) in [7, 11) is 0. The number of carboxylic acid groups (broad SMARTS) is 1. The Morgan fingerprint density at radius 3 is 2.70 bits per heavy atom. The highest BCUT2D eigenvalue weighted by Gasteiger charge is 2.24. The van der Waals surface area contributed by atoms with Gasteiger partial charge in [0, 0.05) is 6.54 Å². The van der Waals surface area contributed by atoms with Crippen molar-refractivity contribution >= 4 is 5.97 Å². The molecule has 4 heteroatoms. The third-order valence-corrected chi connectivity index (χ3v) is 1.65. The van der Waals surface area contributed by atoms with Gasteiger partial charge in [0.15, 0.2) is 0 Å². The van der Waals surface area contributed by atoms with Crippen LogP contribution in [0, 0.1) is 0 Å². The number of nitrogens with one attached hydrogen (secondary N) is 1. The van der Waals surface area contributed by atoms with Crippen LogP contribution >= 0.6 is 0 Å². The van der Waals surface area contributed by atoms with Crippen LogP contribution in [0.2, 0.25) is 0 Å². The van der Waals surface area contributed by atoms with E-state index in [1.54, 1.807) is 0 Å². The number of alkyl halides is 1. The van der Waals surface area contributed by atoms with Crippen molar-refractivity contribution in [2.75, 3.05) is 6.54 Å². The average Bonchev–Trinajstić information content (AvgIpc) is 1.88. The molecular formula is C6H10FNO2. The molecule has 1 fully saturated rings. The summed E-state index contributed by atoms with van der Waals surface area (Å²) in [5.74, 6) is -0.883. The summed E-state index contributed by atoms with van der Waals surface area (Å²) in [6.45, 7) is 0.178. The van der Waals surface area contributed by atoms with Crippen LogP contribution in [0.1, 0.15) is 12.8 Å². The first-order valence-corrected chi connectivity index (χ1v) is 3.30. The largest absolute Gasteiger partial charge is 0.480 e. The Morgan fingerprint density at radius 1 is 1.60 bits per heavy atom. The highest BCUT2D eigenvalue weighted by Crippen LogP contribution is 2.10. The second-order valence-corrected chi connectivity index (χ2v) is 2.47. The minimum absolute atomic E-state index is 0.178. The normalized spacial score (nSPS) is 33.7. The van der Waals surface area contributed by atoms with Crippen molar-refractivity contribution in [3.63, 3.8) is 0 Å². The van der Waals surface area contributed by atoms with E-state index in [1.807, 2.05) is 0 Å². The monoisotopic (exact) mass is 147 g/mol. The molecule has 0 radical (unpaired) electrons. The van der Waals surface area contributed by atoms with Gasteiger partial charge >= 0.3 is 5.97 Å². The zero-order valence-electron chi connectivity index (χ0n) is 5.51. The summed E-state index contributed by atoms with van der Waals surface area (Å²) in [5.41, 5.74) is 0. The van der Waals surface area contributed by atoms with Crippen LogP contribution < -0.4 is 5.32 Å². The lowest BCUT2D eigenvalue weighted by molar-refractivity contribution is -0.140. The maximum atomic E-state index is 12.4. The molecule has 1 saturated heterocycles. The summed E-state index contributed by atoms with van der Waals surface area (Å²) >= 11 is 0. The number of hydrogen-bond donors (Lipinski definition) is 2. The quantitative estimate of drug-likeness (QED) is 0.555. The van der Waals surface area contributed by atoms with Crippen molar-refractivity contribution < 1.29 is 14.3 Å². The van der Waals surface area contributed by atoms with E-state index >= 15 is 0 Å². The summed E-state index contributed by atoms with van der Waals surface area (Å²) in [5, 5.41) is 11.0. The van der Waals surface area contributed by atoms with E-state index in [-0.39, 0.29) is 6.54 Å². The van der Waals surface area contributed by atoms with Crippen LogP contribution in [0.25, 0.3) is 0 Å². The van der Waals surface area contributed by atoms with Gasteiger partial charge in [-0.15, -0.1) is 0 Å². The van der Waals surface area contributed by atoms with Crippen LogP contribution in [0.3, 0.4) is 0 Å². The predicted octanol–water partition coefficient (Wildman–Crippen LogP) is 0.161. The van der Waals surface area contributed by atoms with E-state index in [0.717, 1.165) is 0 Å². The van der Waals surface area contributed by atoms with Gasteiger partial charge in [-0.2, -0.15) is 0 Å². The number of carbonyl (C=O) groups is 1.